The average Bonchev–Trinajstić information content (AvgIpc) is 2.62. The summed E-state index contributed by atoms with van der Waals surface area (Å²) in [6, 6.07) is 23.5. The summed E-state index contributed by atoms with van der Waals surface area (Å²) in [7, 11) is 0. The summed E-state index contributed by atoms with van der Waals surface area (Å²) in [6.07, 6.45) is 0. The maximum absolute atomic E-state index is 4.69. The van der Waals surface area contributed by atoms with Crippen molar-refractivity contribution in [2.24, 2.45) is 0 Å². The van der Waals surface area contributed by atoms with E-state index in [2.05, 4.69) is 66.7 Å². The molecule has 0 spiro atoms. The van der Waals surface area contributed by atoms with Crippen LogP contribution in [0.25, 0.3) is 22.3 Å². The molecule has 0 fully saturated rings. The van der Waals surface area contributed by atoms with Gasteiger partial charge in [-0.25, -0.2) is 0 Å². The Balaban J connectivity index is 2.16. The van der Waals surface area contributed by atoms with Gasteiger partial charge in [0.15, 0.2) is 0 Å². The summed E-state index contributed by atoms with van der Waals surface area (Å²) in [5.41, 5.74) is 5.07. The predicted molar refractivity (Wildman–Crippen MR) is 88.7 cm³/mol. The first-order chi connectivity index (χ1) is 9.84. The highest BCUT2D eigenvalue weighted by atomic mass is 32.2. The molecule has 0 amide bonds. The van der Waals surface area contributed by atoms with E-state index in [1.807, 2.05) is 11.8 Å². The number of thiol groups is 1. The second kappa shape index (κ2) is 4.72. The minimum atomic E-state index is 1.03. The molecule has 3 aromatic rings. The number of fused-ring (bicyclic) bond motifs is 5. The molecule has 0 radical (unpaired) electrons. The van der Waals surface area contributed by atoms with Crippen LogP contribution in [-0.2, 0) is 0 Å². The lowest BCUT2D eigenvalue weighted by Gasteiger charge is -2.12. The van der Waals surface area contributed by atoms with Crippen LogP contribution in [0.5, 0.6) is 0 Å². The highest BCUT2D eigenvalue weighted by molar-refractivity contribution is 7.99. The van der Waals surface area contributed by atoms with Crippen molar-refractivity contribution in [2.75, 3.05) is 0 Å². The first kappa shape index (κ1) is 12.1. The molecule has 1 aliphatic heterocycles. The molecule has 0 saturated heterocycles. The third kappa shape index (κ3) is 1.80. The Morgan fingerprint density at radius 2 is 1.20 bits per heavy atom. The SMILES string of the molecule is Sc1cccc2c1-c1ccccc1Sc1ccccc1-2. The highest BCUT2D eigenvalue weighted by Crippen LogP contribution is 2.49. The lowest BCUT2D eigenvalue weighted by atomic mass is 9.94. The maximum atomic E-state index is 4.69. The van der Waals surface area contributed by atoms with Crippen molar-refractivity contribution in [1.29, 1.82) is 0 Å². The number of benzene rings is 3. The molecule has 1 aliphatic rings. The van der Waals surface area contributed by atoms with Gasteiger partial charge in [0, 0.05) is 20.2 Å². The van der Waals surface area contributed by atoms with Gasteiger partial charge in [-0.3, -0.25) is 0 Å². The maximum Gasteiger partial charge on any atom is 0.0201 e. The van der Waals surface area contributed by atoms with E-state index in [-0.39, 0.29) is 0 Å². The minimum absolute atomic E-state index is 1.03. The van der Waals surface area contributed by atoms with Crippen molar-refractivity contribution in [1.82, 2.24) is 0 Å². The van der Waals surface area contributed by atoms with E-state index in [9.17, 15) is 0 Å². The van der Waals surface area contributed by atoms with E-state index in [4.69, 9.17) is 12.6 Å². The summed E-state index contributed by atoms with van der Waals surface area (Å²) >= 11 is 6.53. The fraction of sp³-hybridized carbons (Fsp3) is 0. The summed E-state index contributed by atoms with van der Waals surface area (Å²) in [5.74, 6) is 0. The molecule has 1 heterocycles. The van der Waals surface area contributed by atoms with Crippen LogP contribution in [0.2, 0.25) is 0 Å². The largest absolute Gasteiger partial charge is 0.143 e. The Bertz CT molecular complexity index is 806. The number of hydrogen-bond donors (Lipinski definition) is 1. The Hall–Kier alpha value is -1.64. The smallest absolute Gasteiger partial charge is 0.0201 e. The van der Waals surface area contributed by atoms with E-state index < -0.39 is 0 Å². The molecule has 20 heavy (non-hydrogen) atoms. The van der Waals surface area contributed by atoms with E-state index in [0.29, 0.717) is 0 Å². The molecule has 0 atom stereocenters. The molecule has 0 N–H and O–H groups in total. The van der Waals surface area contributed by atoms with E-state index in [1.165, 1.54) is 32.0 Å². The Morgan fingerprint density at radius 3 is 2.00 bits per heavy atom. The molecule has 0 aliphatic carbocycles. The van der Waals surface area contributed by atoms with Crippen LogP contribution in [-0.4, -0.2) is 0 Å². The van der Waals surface area contributed by atoms with Gasteiger partial charge in [0.05, 0.1) is 0 Å². The molecule has 4 rings (SSSR count). The number of rotatable bonds is 0. The zero-order valence-electron chi connectivity index (χ0n) is 10.7. The van der Waals surface area contributed by atoms with Gasteiger partial charge >= 0.3 is 0 Å². The Labute approximate surface area is 128 Å². The summed E-state index contributed by atoms with van der Waals surface area (Å²) in [5, 5.41) is 0. The second-order valence-corrected chi connectivity index (χ2v) is 6.36. The Morgan fingerprint density at radius 1 is 0.600 bits per heavy atom. The molecule has 0 nitrogen and oxygen atoms in total. The first-order valence-electron chi connectivity index (χ1n) is 6.53. The lowest BCUT2D eigenvalue weighted by Crippen LogP contribution is -1.86. The minimum Gasteiger partial charge on any atom is -0.143 e. The third-order valence-corrected chi connectivity index (χ3v) is 5.12. The molecule has 3 aromatic carbocycles. The highest BCUT2D eigenvalue weighted by Gasteiger charge is 2.20. The van der Waals surface area contributed by atoms with E-state index >= 15 is 0 Å². The van der Waals surface area contributed by atoms with Crippen molar-refractivity contribution < 1.29 is 0 Å². The van der Waals surface area contributed by atoms with Crippen molar-refractivity contribution in [3.05, 3.63) is 66.7 Å². The van der Waals surface area contributed by atoms with Gasteiger partial charge in [0.1, 0.15) is 0 Å². The van der Waals surface area contributed by atoms with Crippen LogP contribution in [0, 0.1) is 0 Å². The summed E-state index contributed by atoms with van der Waals surface area (Å²) < 4.78 is 0. The van der Waals surface area contributed by atoms with Crippen LogP contribution in [0.1, 0.15) is 0 Å². The van der Waals surface area contributed by atoms with Gasteiger partial charge in [0.2, 0.25) is 0 Å². The topological polar surface area (TPSA) is 0 Å². The fourth-order valence-electron chi connectivity index (χ4n) is 2.71. The summed E-state index contributed by atoms with van der Waals surface area (Å²) in [4.78, 5) is 3.63. The molecule has 0 aromatic heterocycles. The van der Waals surface area contributed by atoms with Gasteiger partial charge in [-0.1, -0.05) is 60.3 Å². The molecule has 0 saturated carbocycles. The predicted octanol–water partition coefficient (Wildman–Crippen LogP) is 5.77. The van der Waals surface area contributed by atoms with Crippen LogP contribution in [0.3, 0.4) is 0 Å². The molecular formula is C18H12S2. The third-order valence-electron chi connectivity index (χ3n) is 3.60. The van der Waals surface area contributed by atoms with Gasteiger partial charge in [-0.2, -0.15) is 0 Å². The lowest BCUT2D eigenvalue weighted by molar-refractivity contribution is 1.39. The van der Waals surface area contributed by atoms with Crippen LogP contribution >= 0.6 is 24.4 Å². The molecule has 96 valence electrons. The molecule has 2 heteroatoms. The van der Waals surface area contributed by atoms with Gasteiger partial charge in [-0.15, -0.1) is 12.6 Å². The number of hydrogen-bond acceptors (Lipinski definition) is 2. The molecule has 0 bridgehead atoms. The Kier molecular flexibility index (Phi) is 2.86. The average molecular weight is 292 g/mol. The van der Waals surface area contributed by atoms with Crippen molar-refractivity contribution in [3.63, 3.8) is 0 Å². The van der Waals surface area contributed by atoms with Crippen molar-refractivity contribution in [3.8, 4) is 22.3 Å². The summed E-state index contributed by atoms with van der Waals surface area (Å²) in [6.45, 7) is 0. The van der Waals surface area contributed by atoms with E-state index in [0.717, 1.165) is 4.90 Å². The van der Waals surface area contributed by atoms with Gasteiger partial charge in [0.25, 0.3) is 0 Å². The fourth-order valence-corrected chi connectivity index (χ4v) is 4.13. The quantitative estimate of drug-likeness (QED) is 0.401. The second-order valence-electron chi connectivity index (χ2n) is 4.79. The zero-order valence-corrected chi connectivity index (χ0v) is 12.4. The standard InChI is InChI=1S/C18H12S2/c19-15-9-5-8-13-12-6-1-3-10-16(12)20-17-11-4-2-7-14(17)18(13)15/h1-11,19H. The monoisotopic (exact) mass is 292 g/mol. The van der Waals surface area contributed by atoms with Crippen LogP contribution in [0.4, 0.5) is 0 Å². The van der Waals surface area contributed by atoms with Crippen LogP contribution < -0.4 is 0 Å². The van der Waals surface area contributed by atoms with Crippen molar-refractivity contribution >= 4 is 24.4 Å². The molecule has 0 unspecified atom stereocenters. The first-order valence-corrected chi connectivity index (χ1v) is 7.79. The molecular weight excluding hydrogens is 280 g/mol. The van der Waals surface area contributed by atoms with Gasteiger partial charge in [-0.05, 0) is 34.9 Å². The van der Waals surface area contributed by atoms with Crippen molar-refractivity contribution in [2.45, 2.75) is 14.7 Å². The van der Waals surface area contributed by atoms with Crippen LogP contribution in [0.15, 0.2) is 81.4 Å². The normalized spacial score (nSPS) is 12.1. The zero-order chi connectivity index (χ0) is 13.5. The van der Waals surface area contributed by atoms with E-state index in [1.54, 1.807) is 0 Å². The van der Waals surface area contributed by atoms with Gasteiger partial charge < -0.3 is 0 Å².